The maximum atomic E-state index is 13.5. The van der Waals surface area contributed by atoms with Crippen LogP contribution in [-0.4, -0.2) is 25.1 Å². The van der Waals surface area contributed by atoms with Crippen LogP contribution in [0.4, 0.5) is 4.39 Å². The van der Waals surface area contributed by atoms with Crippen molar-refractivity contribution in [1.82, 2.24) is 5.32 Å². The Morgan fingerprint density at radius 1 is 1.53 bits per heavy atom. The van der Waals surface area contributed by atoms with Crippen LogP contribution in [0, 0.1) is 5.82 Å². The highest BCUT2D eigenvalue weighted by atomic mass is 35.5. The largest absolute Gasteiger partial charge is 0.490 e. The second-order valence-electron chi connectivity index (χ2n) is 4.07. The molecule has 3 N–H and O–H groups in total. The van der Waals surface area contributed by atoms with Gasteiger partial charge in [-0.15, -0.1) is 12.4 Å². The molecule has 108 valence electrons. The van der Waals surface area contributed by atoms with E-state index in [-0.39, 0.29) is 35.7 Å². The van der Waals surface area contributed by atoms with Gasteiger partial charge in [0.15, 0.2) is 11.6 Å². The number of halogens is 2. The van der Waals surface area contributed by atoms with Gasteiger partial charge >= 0.3 is 0 Å². The zero-order valence-electron chi connectivity index (χ0n) is 11.1. The summed E-state index contributed by atoms with van der Waals surface area (Å²) >= 11 is 0. The van der Waals surface area contributed by atoms with E-state index in [2.05, 4.69) is 5.32 Å². The van der Waals surface area contributed by atoms with E-state index in [4.69, 9.17) is 10.5 Å². The average Bonchev–Trinajstić information content (AvgIpc) is 2.31. The third-order valence-electron chi connectivity index (χ3n) is 2.39. The van der Waals surface area contributed by atoms with Crippen LogP contribution in [0.5, 0.6) is 5.75 Å². The van der Waals surface area contributed by atoms with Gasteiger partial charge in [0, 0.05) is 12.6 Å². The number of carbonyl (C=O) groups excluding carboxylic acids is 1. The first-order valence-electron chi connectivity index (χ1n) is 6.01. The molecule has 0 heterocycles. The van der Waals surface area contributed by atoms with Gasteiger partial charge < -0.3 is 15.8 Å². The molecule has 0 aliphatic rings. The molecule has 0 saturated heterocycles. The summed E-state index contributed by atoms with van der Waals surface area (Å²) in [7, 11) is 0. The number of para-hydroxylation sites is 1. The summed E-state index contributed by atoms with van der Waals surface area (Å²) in [6.07, 6.45) is 0.672. The first-order chi connectivity index (χ1) is 8.56. The predicted octanol–water partition coefficient (Wildman–Crippen LogP) is 2.11. The van der Waals surface area contributed by atoms with Crippen LogP contribution in [0.15, 0.2) is 18.2 Å². The lowest BCUT2D eigenvalue weighted by atomic mass is 10.1. The Balaban J connectivity index is 0.00000324. The van der Waals surface area contributed by atoms with Crippen LogP contribution in [0.25, 0.3) is 0 Å². The Morgan fingerprint density at radius 2 is 2.21 bits per heavy atom. The molecule has 1 aromatic rings. The van der Waals surface area contributed by atoms with Gasteiger partial charge in [0.2, 0.25) is 0 Å². The van der Waals surface area contributed by atoms with Crippen molar-refractivity contribution in [3.05, 3.63) is 29.6 Å². The second-order valence-corrected chi connectivity index (χ2v) is 4.07. The van der Waals surface area contributed by atoms with Crippen molar-refractivity contribution < 1.29 is 13.9 Å². The molecular weight excluding hydrogens is 271 g/mol. The SMILES string of the molecule is CCOc1c(F)cccc1C(=O)NCCC(C)N.Cl. The number of nitrogens with one attached hydrogen (secondary N) is 1. The van der Waals surface area contributed by atoms with E-state index in [1.165, 1.54) is 18.2 Å². The number of ether oxygens (including phenoxy) is 1. The summed E-state index contributed by atoms with van der Waals surface area (Å²) in [4.78, 5) is 11.9. The van der Waals surface area contributed by atoms with Gasteiger partial charge in [-0.2, -0.15) is 0 Å². The van der Waals surface area contributed by atoms with Crippen LogP contribution in [0.3, 0.4) is 0 Å². The average molecular weight is 291 g/mol. The lowest BCUT2D eigenvalue weighted by molar-refractivity contribution is 0.0948. The zero-order valence-corrected chi connectivity index (χ0v) is 11.9. The lowest BCUT2D eigenvalue weighted by Gasteiger charge is -2.12. The van der Waals surface area contributed by atoms with E-state index in [1.807, 2.05) is 6.92 Å². The Bertz CT molecular complexity index is 414. The molecular formula is C13H20ClFN2O2. The standard InChI is InChI=1S/C13H19FN2O2.ClH/c1-3-18-12-10(5-4-6-11(12)14)13(17)16-8-7-9(2)15;/h4-6,9H,3,7-8,15H2,1-2H3,(H,16,17);1H. The fourth-order valence-electron chi connectivity index (χ4n) is 1.49. The molecule has 4 nitrogen and oxygen atoms in total. The molecule has 6 heteroatoms. The topological polar surface area (TPSA) is 64.3 Å². The molecule has 0 aliphatic heterocycles. The molecule has 0 spiro atoms. The van der Waals surface area contributed by atoms with Crippen LogP contribution < -0.4 is 15.8 Å². The molecule has 0 aromatic heterocycles. The van der Waals surface area contributed by atoms with E-state index in [1.54, 1.807) is 6.92 Å². The molecule has 0 fully saturated rings. The summed E-state index contributed by atoms with van der Waals surface area (Å²) in [6.45, 7) is 4.36. The third-order valence-corrected chi connectivity index (χ3v) is 2.39. The van der Waals surface area contributed by atoms with Crippen LogP contribution >= 0.6 is 12.4 Å². The van der Waals surface area contributed by atoms with Crippen LogP contribution in [-0.2, 0) is 0 Å². The molecule has 1 rings (SSSR count). The number of nitrogens with two attached hydrogens (primary N) is 1. The monoisotopic (exact) mass is 290 g/mol. The highest BCUT2D eigenvalue weighted by Crippen LogP contribution is 2.22. The van der Waals surface area contributed by atoms with Gasteiger partial charge in [0.25, 0.3) is 5.91 Å². The number of hydrogen-bond acceptors (Lipinski definition) is 3. The van der Waals surface area contributed by atoms with Crippen LogP contribution in [0.1, 0.15) is 30.6 Å². The summed E-state index contributed by atoms with van der Waals surface area (Å²) in [5.41, 5.74) is 5.79. The summed E-state index contributed by atoms with van der Waals surface area (Å²) in [6, 6.07) is 4.31. The fourth-order valence-corrected chi connectivity index (χ4v) is 1.49. The van der Waals surface area contributed by atoms with Gasteiger partial charge in [0.1, 0.15) is 0 Å². The van der Waals surface area contributed by atoms with Gasteiger partial charge in [-0.05, 0) is 32.4 Å². The Kier molecular flexibility index (Phi) is 8.11. The van der Waals surface area contributed by atoms with Crippen molar-refractivity contribution in [3.8, 4) is 5.75 Å². The third kappa shape index (κ3) is 5.44. The molecule has 19 heavy (non-hydrogen) atoms. The smallest absolute Gasteiger partial charge is 0.255 e. The van der Waals surface area contributed by atoms with Crippen molar-refractivity contribution in [3.63, 3.8) is 0 Å². The maximum absolute atomic E-state index is 13.5. The molecule has 0 radical (unpaired) electrons. The number of amides is 1. The summed E-state index contributed by atoms with van der Waals surface area (Å²) < 4.78 is 18.7. The molecule has 0 saturated carbocycles. The van der Waals surface area contributed by atoms with Crippen molar-refractivity contribution in [2.45, 2.75) is 26.3 Å². The van der Waals surface area contributed by atoms with Crippen molar-refractivity contribution in [2.75, 3.05) is 13.2 Å². The quantitative estimate of drug-likeness (QED) is 0.843. The van der Waals surface area contributed by atoms with Crippen LogP contribution in [0.2, 0.25) is 0 Å². The Morgan fingerprint density at radius 3 is 2.79 bits per heavy atom. The molecule has 0 bridgehead atoms. The fraction of sp³-hybridized carbons (Fsp3) is 0.462. The summed E-state index contributed by atoms with van der Waals surface area (Å²) in [5.74, 6) is -0.881. The summed E-state index contributed by atoms with van der Waals surface area (Å²) in [5, 5.41) is 2.69. The van der Waals surface area contributed by atoms with E-state index in [0.29, 0.717) is 19.6 Å². The van der Waals surface area contributed by atoms with Gasteiger partial charge in [-0.25, -0.2) is 4.39 Å². The molecule has 0 aliphatic carbocycles. The number of benzene rings is 1. The minimum atomic E-state index is -0.531. The van der Waals surface area contributed by atoms with Crippen molar-refractivity contribution in [1.29, 1.82) is 0 Å². The highest BCUT2D eigenvalue weighted by molar-refractivity contribution is 5.96. The van der Waals surface area contributed by atoms with E-state index >= 15 is 0 Å². The second kappa shape index (κ2) is 8.72. The Hall–Kier alpha value is -1.33. The first-order valence-corrected chi connectivity index (χ1v) is 6.01. The van der Waals surface area contributed by atoms with E-state index in [0.717, 1.165) is 0 Å². The van der Waals surface area contributed by atoms with E-state index in [9.17, 15) is 9.18 Å². The number of hydrogen-bond donors (Lipinski definition) is 2. The number of rotatable bonds is 6. The molecule has 1 unspecified atom stereocenters. The normalized spacial score (nSPS) is 11.4. The Labute approximate surface area is 118 Å². The highest BCUT2D eigenvalue weighted by Gasteiger charge is 2.15. The minimum Gasteiger partial charge on any atom is -0.490 e. The van der Waals surface area contributed by atoms with Gasteiger partial charge in [-0.1, -0.05) is 6.07 Å². The first kappa shape index (κ1) is 17.7. The predicted molar refractivity (Wildman–Crippen MR) is 75.4 cm³/mol. The van der Waals surface area contributed by atoms with Gasteiger partial charge in [-0.3, -0.25) is 4.79 Å². The molecule has 1 atom stereocenters. The maximum Gasteiger partial charge on any atom is 0.255 e. The molecule has 1 aromatic carbocycles. The zero-order chi connectivity index (χ0) is 13.5. The number of carbonyl (C=O) groups is 1. The lowest BCUT2D eigenvalue weighted by Crippen LogP contribution is -2.29. The van der Waals surface area contributed by atoms with Gasteiger partial charge in [0.05, 0.1) is 12.2 Å². The van der Waals surface area contributed by atoms with E-state index < -0.39 is 5.82 Å². The van der Waals surface area contributed by atoms with Crippen molar-refractivity contribution >= 4 is 18.3 Å². The molecule has 1 amide bonds. The minimum absolute atomic E-state index is 0. The van der Waals surface area contributed by atoms with Crippen molar-refractivity contribution in [2.24, 2.45) is 5.73 Å².